The molecule has 0 atom stereocenters. The molecule has 1 N–H and O–H groups in total. The number of rotatable bonds is 3. The summed E-state index contributed by atoms with van der Waals surface area (Å²) in [5, 5.41) is 14.0. The van der Waals surface area contributed by atoms with Crippen LogP contribution in [-0.4, -0.2) is 39.4 Å². The van der Waals surface area contributed by atoms with Crippen LogP contribution >= 0.6 is 0 Å². The van der Waals surface area contributed by atoms with Crippen LogP contribution < -0.4 is 0 Å². The van der Waals surface area contributed by atoms with Gasteiger partial charge < -0.3 is 10.0 Å². The van der Waals surface area contributed by atoms with Crippen molar-refractivity contribution in [2.75, 3.05) is 19.6 Å². The molecule has 1 saturated heterocycles. The lowest BCUT2D eigenvalue weighted by Crippen LogP contribution is -2.32. The van der Waals surface area contributed by atoms with Gasteiger partial charge in [-0.2, -0.15) is 5.10 Å². The maximum atomic E-state index is 14.3. The number of piperidine rings is 1. The molecular formula is C20H21F2N3O. The number of phenols is 1. The van der Waals surface area contributed by atoms with Crippen LogP contribution in [0.3, 0.4) is 0 Å². The molecule has 0 bridgehead atoms. The number of likely N-dealkylation sites (tertiary alicyclic amines) is 1. The van der Waals surface area contributed by atoms with Crippen molar-refractivity contribution in [3.8, 4) is 11.4 Å². The van der Waals surface area contributed by atoms with Crippen molar-refractivity contribution < 1.29 is 13.9 Å². The quantitative estimate of drug-likeness (QED) is 0.763. The van der Waals surface area contributed by atoms with Crippen LogP contribution in [0.2, 0.25) is 0 Å². The highest BCUT2D eigenvalue weighted by atomic mass is 19.1. The Balaban J connectivity index is 1.64. The Bertz CT molecular complexity index is 928. The van der Waals surface area contributed by atoms with Crippen molar-refractivity contribution in [2.24, 2.45) is 0 Å². The van der Waals surface area contributed by atoms with Gasteiger partial charge in [0.05, 0.1) is 11.9 Å². The molecule has 0 amide bonds. The minimum atomic E-state index is -0.992. The Morgan fingerprint density at radius 1 is 1.15 bits per heavy atom. The summed E-state index contributed by atoms with van der Waals surface area (Å²) in [6.45, 7) is 5.51. The topological polar surface area (TPSA) is 41.3 Å². The van der Waals surface area contributed by atoms with E-state index in [1.54, 1.807) is 0 Å². The summed E-state index contributed by atoms with van der Waals surface area (Å²) in [6, 6.07) is 8.99. The number of aromatic nitrogens is 2. The lowest BCUT2D eigenvalue weighted by atomic mass is 9.89. The van der Waals surface area contributed by atoms with E-state index < -0.39 is 17.4 Å². The lowest BCUT2D eigenvalue weighted by Gasteiger charge is -2.31. The summed E-state index contributed by atoms with van der Waals surface area (Å²) in [6.07, 6.45) is 3.68. The second-order valence-electron chi connectivity index (χ2n) is 6.82. The van der Waals surface area contributed by atoms with Crippen LogP contribution in [0.15, 0.2) is 36.5 Å². The summed E-state index contributed by atoms with van der Waals surface area (Å²) in [5.41, 5.74) is 2.03. The highest BCUT2D eigenvalue weighted by Crippen LogP contribution is 2.32. The Hall–Kier alpha value is -2.47. The van der Waals surface area contributed by atoms with Crippen LogP contribution in [0.1, 0.15) is 31.2 Å². The Labute approximate surface area is 150 Å². The van der Waals surface area contributed by atoms with Gasteiger partial charge in [-0.25, -0.2) is 13.5 Å². The Morgan fingerprint density at radius 2 is 1.85 bits per heavy atom. The van der Waals surface area contributed by atoms with Crippen molar-refractivity contribution in [1.82, 2.24) is 14.7 Å². The molecule has 1 aromatic heterocycles. The van der Waals surface area contributed by atoms with Gasteiger partial charge >= 0.3 is 0 Å². The average Bonchev–Trinajstić information content (AvgIpc) is 3.10. The first-order valence-corrected chi connectivity index (χ1v) is 8.96. The van der Waals surface area contributed by atoms with Gasteiger partial charge in [0.15, 0.2) is 17.4 Å². The van der Waals surface area contributed by atoms with Crippen LogP contribution in [0.4, 0.5) is 8.78 Å². The zero-order valence-corrected chi connectivity index (χ0v) is 14.6. The third kappa shape index (κ3) is 2.84. The molecule has 3 aromatic rings. The fourth-order valence-corrected chi connectivity index (χ4v) is 3.77. The molecule has 6 heteroatoms. The van der Waals surface area contributed by atoms with Gasteiger partial charge in [-0.15, -0.1) is 0 Å². The van der Waals surface area contributed by atoms with E-state index in [1.807, 2.05) is 12.1 Å². The molecule has 26 heavy (non-hydrogen) atoms. The molecule has 4 nitrogen and oxygen atoms in total. The first kappa shape index (κ1) is 17.0. The summed E-state index contributed by atoms with van der Waals surface area (Å²) >= 11 is 0. The number of halogens is 2. The van der Waals surface area contributed by atoms with Gasteiger partial charge in [-0.05, 0) is 62.2 Å². The smallest absolute Gasteiger partial charge is 0.194 e. The molecular weight excluding hydrogens is 336 g/mol. The van der Waals surface area contributed by atoms with Gasteiger partial charge in [-0.3, -0.25) is 0 Å². The highest BCUT2D eigenvalue weighted by molar-refractivity contribution is 5.82. The van der Waals surface area contributed by atoms with E-state index in [-0.39, 0.29) is 5.52 Å². The molecule has 2 heterocycles. The van der Waals surface area contributed by atoms with E-state index in [4.69, 9.17) is 0 Å². The van der Waals surface area contributed by atoms with E-state index in [0.29, 0.717) is 17.0 Å². The molecule has 1 aliphatic rings. The zero-order valence-electron chi connectivity index (χ0n) is 14.6. The predicted octanol–water partition coefficient (Wildman–Crippen LogP) is 4.21. The molecule has 0 spiro atoms. The van der Waals surface area contributed by atoms with E-state index in [0.717, 1.165) is 38.5 Å². The van der Waals surface area contributed by atoms with Gasteiger partial charge in [0.2, 0.25) is 0 Å². The SMILES string of the molecule is CCN1CCC(c2ccc(-n3ncc4cc(F)c(O)c(F)c43)cc2)CC1. The molecule has 0 aliphatic carbocycles. The first-order chi connectivity index (χ1) is 12.6. The number of hydrogen-bond acceptors (Lipinski definition) is 3. The van der Waals surface area contributed by atoms with Crippen molar-refractivity contribution in [2.45, 2.75) is 25.7 Å². The monoisotopic (exact) mass is 357 g/mol. The zero-order chi connectivity index (χ0) is 18.3. The van der Waals surface area contributed by atoms with Crippen LogP contribution in [0.5, 0.6) is 5.75 Å². The third-order valence-electron chi connectivity index (χ3n) is 5.37. The Kier molecular flexibility index (Phi) is 4.36. The molecule has 1 fully saturated rings. The van der Waals surface area contributed by atoms with Gasteiger partial charge in [0.25, 0.3) is 0 Å². The largest absolute Gasteiger partial charge is 0.503 e. The number of benzene rings is 2. The number of fused-ring (bicyclic) bond motifs is 1. The normalized spacial score (nSPS) is 16.4. The van der Waals surface area contributed by atoms with Crippen molar-refractivity contribution in [3.63, 3.8) is 0 Å². The van der Waals surface area contributed by atoms with E-state index in [2.05, 4.69) is 29.1 Å². The standard InChI is InChI=1S/C20H21F2N3O/c1-2-24-9-7-14(8-10-24)13-3-5-16(6-4-13)25-19-15(12-23-25)11-17(21)20(26)18(19)22/h3-6,11-12,14,26H,2,7-10H2,1H3. The summed E-state index contributed by atoms with van der Waals surface area (Å²) in [5.74, 6) is -2.41. The van der Waals surface area contributed by atoms with Crippen molar-refractivity contribution in [1.29, 1.82) is 0 Å². The van der Waals surface area contributed by atoms with Crippen LogP contribution in [0.25, 0.3) is 16.6 Å². The van der Waals surface area contributed by atoms with Gasteiger partial charge in [-0.1, -0.05) is 19.1 Å². The van der Waals surface area contributed by atoms with E-state index in [9.17, 15) is 13.9 Å². The summed E-state index contributed by atoms with van der Waals surface area (Å²) in [4.78, 5) is 2.45. The highest BCUT2D eigenvalue weighted by Gasteiger charge is 2.21. The molecule has 4 rings (SSSR count). The van der Waals surface area contributed by atoms with E-state index in [1.165, 1.54) is 16.4 Å². The lowest BCUT2D eigenvalue weighted by molar-refractivity contribution is 0.222. The van der Waals surface area contributed by atoms with Crippen LogP contribution in [-0.2, 0) is 0 Å². The minimum absolute atomic E-state index is 0.0768. The first-order valence-electron chi connectivity index (χ1n) is 8.96. The predicted molar refractivity (Wildman–Crippen MR) is 96.7 cm³/mol. The molecule has 136 valence electrons. The molecule has 0 saturated carbocycles. The molecule has 1 aliphatic heterocycles. The minimum Gasteiger partial charge on any atom is -0.503 e. The number of aromatic hydroxyl groups is 1. The molecule has 2 aromatic carbocycles. The van der Waals surface area contributed by atoms with Crippen LogP contribution in [0, 0.1) is 11.6 Å². The second-order valence-corrected chi connectivity index (χ2v) is 6.82. The fraction of sp³-hybridized carbons (Fsp3) is 0.350. The second kappa shape index (κ2) is 6.68. The number of phenolic OH excluding ortho intramolecular Hbond substituents is 1. The third-order valence-corrected chi connectivity index (χ3v) is 5.37. The van der Waals surface area contributed by atoms with E-state index >= 15 is 0 Å². The summed E-state index contributed by atoms with van der Waals surface area (Å²) in [7, 11) is 0. The van der Waals surface area contributed by atoms with Gasteiger partial charge in [0, 0.05) is 5.39 Å². The number of hydrogen-bond donors (Lipinski definition) is 1. The summed E-state index contributed by atoms with van der Waals surface area (Å²) < 4.78 is 29.2. The maximum absolute atomic E-state index is 14.3. The van der Waals surface area contributed by atoms with Crippen molar-refractivity contribution in [3.05, 3.63) is 53.7 Å². The Morgan fingerprint density at radius 3 is 2.50 bits per heavy atom. The fourth-order valence-electron chi connectivity index (χ4n) is 3.77. The molecule has 0 radical (unpaired) electrons. The number of nitrogens with zero attached hydrogens (tertiary/aromatic N) is 3. The maximum Gasteiger partial charge on any atom is 0.194 e. The van der Waals surface area contributed by atoms with Gasteiger partial charge in [0.1, 0.15) is 5.52 Å². The van der Waals surface area contributed by atoms with Crippen molar-refractivity contribution >= 4 is 10.9 Å². The average molecular weight is 357 g/mol. The molecule has 0 unspecified atom stereocenters.